The third-order valence-electron chi connectivity index (χ3n) is 4.82. The van der Waals surface area contributed by atoms with E-state index in [9.17, 15) is 27.6 Å². The van der Waals surface area contributed by atoms with Crippen molar-refractivity contribution in [3.05, 3.63) is 105 Å². The van der Waals surface area contributed by atoms with Crippen LogP contribution in [0.25, 0.3) is 0 Å². The third kappa shape index (κ3) is 6.03. The number of furan rings is 1. The Kier molecular flexibility index (Phi) is 7.40. The van der Waals surface area contributed by atoms with Crippen LogP contribution in [-0.4, -0.2) is 22.9 Å². The molecule has 0 atom stereocenters. The lowest BCUT2D eigenvalue weighted by molar-refractivity contribution is -0.137. The van der Waals surface area contributed by atoms with Gasteiger partial charge in [0, 0.05) is 25.5 Å². The average Bonchev–Trinajstić information content (AvgIpc) is 3.20. The van der Waals surface area contributed by atoms with Crippen LogP contribution in [0.15, 0.2) is 70.7 Å². The molecule has 178 valence electrons. The summed E-state index contributed by atoms with van der Waals surface area (Å²) in [6.45, 7) is 5.27. The zero-order valence-electron chi connectivity index (χ0n) is 18.2. The van der Waals surface area contributed by atoms with Gasteiger partial charge in [0.25, 0.3) is 11.8 Å². The van der Waals surface area contributed by atoms with Gasteiger partial charge in [-0.1, -0.05) is 18.2 Å². The maximum absolute atomic E-state index is 12.9. The van der Waals surface area contributed by atoms with Gasteiger partial charge in [0.1, 0.15) is 22.6 Å². The van der Waals surface area contributed by atoms with Crippen molar-refractivity contribution in [2.75, 3.05) is 6.54 Å². The lowest BCUT2D eigenvalue weighted by Gasteiger charge is -2.12. The molecule has 10 heteroatoms. The molecule has 0 radical (unpaired) electrons. The van der Waals surface area contributed by atoms with Crippen molar-refractivity contribution in [1.82, 2.24) is 15.2 Å². The number of nitrogens with zero attached hydrogens (tertiary/aromatic N) is 1. The number of aryl methyl sites for hydroxylation is 1. The van der Waals surface area contributed by atoms with E-state index in [1.165, 1.54) is 35.2 Å². The number of hydrogen-bond acceptors (Lipinski definition) is 4. The Morgan fingerprint density at radius 1 is 1.09 bits per heavy atom. The fourth-order valence-corrected chi connectivity index (χ4v) is 3.19. The molecule has 2 aromatic heterocycles. The van der Waals surface area contributed by atoms with Gasteiger partial charge in [-0.3, -0.25) is 14.4 Å². The third-order valence-corrected chi connectivity index (χ3v) is 4.82. The molecule has 2 heterocycles. The molecule has 0 aliphatic rings. The first-order valence-electron chi connectivity index (χ1n) is 10.2. The molecular weight excluding hydrogens is 451 g/mol. The van der Waals surface area contributed by atoms with Gasteiger partial charge in [0.05, 0.1) is 12.1 Å². The van der Waals surface area contributed by atoms with E-state index in [1.54, 1.807) is 19.1 Å². The molecule has 0 fully saturated rings. The van der Waals surface area contributed by atoms with Gasteiger partial charge < -0.3 is 19.6 Å². The first-order valence-corrected chi connectivity index (χ1v) is 10.2. The van der Waals surface area contributed by atoms with Gasteiger partial charge in [-0.2, -0.15) is 13.2 Å². The van der Waals surface area contributed by atoms with E-state index >= 15 is 0 Å². The van der Waals surface area contributed by atoms with Gasteiger partial charge in [0.2, 0.25) is 5.43 Å². The molecule has 0 saturated heterocycles. The summed E-state index contributed by atoms with van der Waals surface area (Å²) in [6, 6.07) is 7.96. The summed E-state index contributed by atoms with van der Waals surface area (Å²) in [5.74, 6) is -0.320. The quantitative estimate of drug-likeness (QED) is 0.489. The minimum Gasteiger partial charge on any atom is -0.464 e. The van der Waals surface area contributed by atoms with Gasteiger partial charge in [-0.15, -0.1) is 6.58 Å². The zero-order chi connectivity index (χ0) is 24.9. The molecule has 0 unspecified atom stereocenters. The zero-order valence-corrected chi connectivity index (χ0v) is 18.2. The summed E-state index contributed by atoms with van der Waals surface area (Å²) in [6.07, 6.45) is -0.507. The first kappa shape index (κ1) is 24.6. The van der Waals surface area contributed by atoms with Crippen LogP contribution in [0.3, 0.4) is 0 Å². The molecule has 1 aromatic carbocycles. The molecule has 2 amide bonds. The summed E-state index contributed by atoms with van der Waals surface area (Å²) in [7, 11) is 0. The van der Waals surface area contributed by atoms with Crippen LogP contribution in [0.5, 0.6) is 0 Å². The minimum absolute atomic E-state index is 0.113. The molecule has 7 nitrogen and oxygen atoms in total. The van der Waals surface area contributed by atoms with Crippen LogP contribution in [0.4, 0.5) is 13.2 Å². The van der Waals surface area contributed by atoms with E-state index in [2.05, 4.69) is 17.2 Å². The van der Waals surface area contributed by atoms with Crippen LogP contribution in [-0.2, 0) is 19.3 Å². The maximum Gasteiger partial charge on any atom is 0.416 e. The van der Waals surface area contributed by atoms with E-state index in [0.29, 0.717) is 11.5 Å². The predicted molar refractivity (Wildman–Crippen MR) is 118 cm³/mol. The van der Waals surface area contributed by atoms with Crippen molar-refractivity contribution in [2.24, 2.45) is 0 Å². The lowest BCUT2D eigenvalue weighted by atomic mass is 10.1. The summed E-state index contributed by atoms with van der Waals surface area (Å²) in [5, 5.41) is 4.95. The van der Waals surface area contributed by atoms with Crippen molar-refractivity contribution in [3.8, 4) is 0 Å². The highest BCUT2D eigenvalue weighted by Crippen LogP contribution is 2.29. The first-order chi connectivity index (χ1) is 16.1. The Balaban J connectivity index is 1.89. The number of rotatable bonds is 8. The van der Waals surface area contributed by atoms with Crippen molar-refractivity contribution < 1.29 is 27.2 Å². The molecule has 0 aliphatic heterocycles. The van der Waals surface area contributed by atoms with Crippen molar-refractivity contribution in [1.29, 1.82) is 0 Å². The van der Waals surface area contributed by atoms with Crippen LogP contribution in [0.2, 0.25) is 0 Å². The number of aromatic nitrogens is 1. The second-order valence-corrected chi connectivity index (χ2v) is 7.48. The van der Waals surface area contributed by atoms with E-state index in [1.807, 2.05) is 0 Å². The number of halogens is 3. The fourth-order valence-electron chi connectivity index (χ4n) is 3.19. The fraction of sp³-hybridized carbons (Fsp3) is 0.208. The van der Waals surface area contributed by atoms with Crippen molar-refractivity contribution in [3.63, 3.8) is 0 Å². The number of alkyl halides is 3. The molecule has 0 bridgehead atoms. The average molecular weight is 473 g/mol. The monoisotopic (exact) mass is 473 g/mol. The number of pyridine rings is 1. The standard InChI is InChI=1S/C24H22F3N3O4/c1-3-9-28-22(32)19-13-30(12-18-8-7-15(2)34-18)14-20(21(19)31)23(33)29-11-16-5-4-6-17(10-16)24(25,26)27/h3-8,10,13-14H,1,9,11-12H2,2H3,(H,28,32)(H,29,33). The SMILES string of the molecule is C=CCNC(=O)c1cn(Cc2ccc(C)o2)cc(C(=O)NCc2cccc(C(F)(F)F)c2)c1=O. The Labute approximate surface area is 192 Å². The Hall–Kier alpha value is -4.08. The molecule has 0 saturated carbocycles. The smallest absolute Gasteiger partial charge is 0.416 e. The molecule has 3 rings (SSSR count). The number of hydrogen-bond donors (Lipinski definition) is 2. The van der Waals surface area contributed by atoms with E-state index in [4.69, 9.17) is 4.42 Å². The molecular formula is C24H22F3N3O4. The summed E-state index contributed by atoms with van der Waals surface area (Å²) < 4.78 is 45.8. The maximum atomic E-state index is 12.9. The molecule has 0 aliphatic carbocycles. The van der Waals surface area contributed by atoms with E-state index in [0.717, 1.165) is 12.1 Å². The number of benzene rings is 1. The van der Waals surface area contributed by atoms with Crippen LogP contribution in [0.1, 0.15) is 43.4 Å². The highest BCUT2D eigenvalue weighted by Gasteiger charge is 2.30. The van der Waals surface area contributed by atoms with Crippen molar-refractivity contribution in [2.45, 2.75) is 26.2 Å². The number of nitrogens with one attached hydrogen (secondary N) is 2. The number of carbonyl (C=O) groups is 2. The molecule has 34 heavy (non-hydrogen) atoms. The largest absolute Gasteiger partial charge is 0.464 e. The van der Waals surface area contributed by atoms with Crippen molar-refractivity contribution >= 4 is 11.8 Å². The predicted octanol–water partition coefficient (Wildman–Crippen LogP) is 3.66. The topological polar surface area (TPSA) is 93.3 Å². The summed E-state index contributed by atoms with van der Waals surface area (Å²) in [5.41, 5.74) is -2.06. The van der Waals surface area contributed by atoms with E-state index < -0.39 is 29.0 Å². The second kappa shape index (κ2) is 10.2. The number of amides is 2. The van der Waals surface area contributed by atoms with Crippen LogP contribution in [0, 0.1) is 6.92 Å². The Morgan fingerprint density at radius 2 is 1.76 bits per heavy atom. The Bertz CT molecular complexity index is 1270. The molecule has 3 aromatic rings. The highest BCUT2D eigenvalue weighted by molar-refractivity contribution is 5.99. The van der Waals surface area contributed by atoms with Crippen LogP contribution >= 0.6 is 0 Å². The lowest BCUT2D eigenvalue weighted by Crippen LogP contribution is -2.35. The minimum atomic E-state index is -4.52. The van der Waals surface area contributed by atoms with Gasteiger partial charge in [0.15, 0.2) is 0 Å². The second-order valence-electron chi connectivity index (χ2n) is 7.48. The molecule has 0 spiro atoms. The summed E-state index contributed by atoms with van der Waals surface area (Å²) >= 11 is 0. The highest BCUT2D eigenvalue weighted by atomic mass is 19.4. The Morgan fingerprint density at radius 3 is 2.35 bits per heavy atom. The molecule has 2 N–H and O–H groups in total. The van der Waals surface area contributed by atoms with Gasteiger partial charge >= 0.3 is 6.18 Å². The normalized spacial score (nSPS) is 11.2. The van der Waals surface area contributed by atoms with Crippen LogP contribution < -0.4 is 16.1 Å². The number of carbonyl (C=O) groups excluding carboxylic acids is 2. The van der Waals surface area contributed by atoms with E-state index in [-0.39, 0.29) is 36.3 Å². The summed E-state index contributed by atoms with van der Waals surface area (Å²) in [4.78, 5) is 38.2. The van der Waals surface area contributed by atoms with Gasteiger partial charge in [-0.05, 0) is 36.8 Å². The van der Waals surface area contributed by atoms with Gasteiger partial charge in [-0.25, -0.2) is 0 Å².